The highest BCUT2D eigenvalue weighted by Gasteiger charge is 2.38. The topological polar surface area (TPSA) is 55.8 Å². The Hall–Kier alpha value is -0.950. The van der Waals surface area contributed by atoms with Gasteiger partial charge in [-0.15, -0.1) is 0 Å². The zero-order valence-corrected chi connectivity index (χ0v) is 13.9. The Bertz CT molecular complexity index is 598. The highest BCUT2D eigenvalue weighted by molar-refractivity contribution is 7.89. The van der Waals surface area contributed by atoms with Crippen molar-refractivity contribution in [3.05, 3.63) is 29.3 Å². The largest absolute Gasteiger partial charge is 0.353 e. The summed E-state index contributed by atoms with van der Waals surface area (Å²) in [5.41, 5.74) is 2.07. The van der Waals surface area contributed by atoms with E-state index in [2.05, 4.69) is 0 Å². The molecule has 118 valence electrons. The molecule has 0 atom stereocenters. The van der Waals surface area contributed by atoms with Gasteiger partial charge in [-0.25, -0.2) is 8.42 Å². The number of hydrogen-bond donors (Lipinski definition) is 0. The molecule has 1 aliphatic heterocycles. The molecule has 0 N–H and O–H groups in total. The molecule has 1 saturated heterocycles. The molecule has 6 heteroatoms. The van der Waals surface area contributed by atoms with Crippen molar-refractivity contribution in [2.24, 2.45) is 0 Å². The molecule has 21 heavy (non-hydrogen) atoms. The summed E-state index contributed by atoms with van der Waals surface area (Å²) >= 11 is 0. The normalized spacial score (nSPS) is 19.6. The minimum Gasteiger partial charge on any atom is -0.353 e. The number of benzene rings is 1. The van der Waals surface area contributed by atoms with Gasteiger partial charge >= 0.3 is 0 Å². The maximum absolute atomic E-state index is 12.7. The van der Waals surface area contributed by atoms with E-state index >= 15 is 0 Å². The highest BCUT2D eigenvalue weighted by atomic mass is 32.2. The Labute approximate surface area is 126 Å². The van der Waals surface area contributed by atoms with Crippen LogP contribution in [0.4, 0.5) is 0 Å². The first-order valence-corrected chi connectivity index (χ1v) is 8.46. The lowest BCUT2D eigenvalue weighted by Crippen LogP contribution is -2.48. The van der Waals surface area contributed by atoms with Crippen LogP contribution in [0, 0.1) is 13.8 Å². The molecule has 0 aromatic heterocycles. The number of methoxy groups -OCH3 is 2. The molecule has 1 fully saturated rings. The monoisotopic (exact) mass is 313 g/mol. The molecular formula is C15H23NO4S. The van der Waals surface area contributed by atoms with E-state index in [0.717, 1.165) is 11.1 Å². The van der Waals surface area contributed by atoms with Crippen LogP contribution >= 0.6 is 0 Å². The van der Waals surface area contributed by atoms with Crippen molar-refractivity contribution in [1.29, 1.82) is 0 Å². The van der Waals surface area contributed by atoms with Crippen molar-refractivity contribution < 1.29 is 17.9 Å². The Morgan fingerprint density at radius 1 is 1.05 bits per heavy atom. The van der Waals surface area contributed by atoms with E-state index in [4.69, 9.17) is 9.47 Å². The Balaban J connectivity index is 2.20. The number of hydrogen-bond acceptors (Lipinski definition) is 4. The predicted octanol–water partition coefficient (Wildman–Crippen LogP) is 2.08. The third-order valence-electron chi connectivity index (χ3n) is 4.34. The SMILES string of the molecule is COC1(OC)CCN(S(=O)(=O)c2ccc(C)c(C)c2)CC1. The van der Waals surface area contributed by atoms with Gasteiger partial charge in [-0.05, 0) is 37.1 Å². The minimum atomic E-state index is -3.45. The van der Waals surface area contributed by atoms with Gasteiger partial charge in [0.15, 0.2) is 5.79 Å². The van der Waals surface area contributed by atoms with Gasteiger partial charge in [0.25, 0.3) is 0 Å². The summed E-state index contributed by atoms with van der Waals surface area (Å²) in [6.45, 7) is 4.69. The summed E-state index contributed by atoms with van der Waals surface area (Å²) in [6.07, 6.45) is 1.06. The second-order valence-corrected chi connectivity index (χ2v) is 7.41. The van der Waals surface area contributed by atoms with Gasteiger partial charge in [-0.1, -0.05) is 6.07 Å². The van der Waals surface area contributed by atoms with Gasteiger partial charge in [0.2, 0.25) is 10.0 Å². The summed E-state index contributed by atoms with van der Waals surface area (Å²) in [7, 11) is -0.257. The number of rotatable bonds is 4. The quantitative estimate of drug-likeness (QED) is 0.799. The van der Waals surface area contributed by atoms with Crippen molar-refractivity contribution in [3.63, 3.8) is 0 Å². The fraction of sp³-hybridized carbons (Fsp3) is 0.600. The fourth-order valence-electron chi connectivity index (χ4n) is 2.58. The third kappa shape index (κ3) is 3.13. The van der Waals surface area contributed by atoms with Gasteiger partial charge in [0, 0.05) is 40.2 Å². The first-order chi connectivity index (χ1) is 9.84. The minimum absolute atomic E-state index is 0.355. The first-order valence-electron chi connectivity index (χ1n) is 7.02. The van der Waals surface area contributed by atoms with E-state index in [1.54, 1.807) is 26.4 Å². The summed E-state index contributed by atoms with van der Waals surface area (Å²) in [5.74, 6) is -0.658. The van der Waals surface area contributed by atoms with Crippen molar-refractivity contribution in [2.75, 3.05) is 27.3 Å². The lowest BCUT2D eigenvalue weighted by Gasteiger charge is -2.38. The Kier molecular flexibility index (Phi) is 4.72. The molecule has 0 unspecified atom stereocenters. The summed E-state index contributed by atoms with van der Waals surface area (Å²) in [5, 5.41) is 0. The molecule has 0 amide bonds. The van der Waals surface area contributed by atoms with E-state index in [-0.39, 0.29) is 0 Å². The zero-order valence-electron chi connectivity index (χ0n) is 13.0. The molecule has 0 aliphatic carbocycles. The Morgan fingerprint density at radius 2 is 1.62 bits per heavy atom. The molecule has 0 bridgehead atoms. The van der Waals surface area contributed by atoms with Crippen molar-refractivity contribution in [1.82, 2.24) is 4.31 Å². The molecule has 5 nitrogen and oxygen atoms in total. The van der Waals surface area contributed by atoms with Crippen LogP contribution in [0.25, 0.3) is 0 Å². The van der Waals surface area contributed by atoms with Gasteiger partial charge in [0.05, 0.1) is 4.90 Å². The standard InChI is InChI=1S/C15H23NO4S/c1-12-5-6-14(11-13(12)2)21(17,18)16-9-7-15(19-3,20-4)8-10-16/h5-6,11H,7-10H2,1-4H3. The average Bonchev–Trinajstić information content (AvgIpc) is 2.50. The average molecular weight is 313 g/mol. The van der Waals surface area contributed by atoms with Crippen molar-refractivity contribution in [2.45, 2.75) is 37.4 Å². The van der Waals surface area contributed by atoms with Gasteiger partial charge in [-0.3, -0.25) is 0 Å². The van der Waals surface area contributed by atoms with E-state index in [0.29, 0.717) is 30.8 Å². The maximum Gasteiger partial charge on any atom is 0.243 e. The van der Waals surface area contributed by atoms with Crippen LogP contribution < -0.4 is 0 Å². The van der Waals surface area contributed by atoms with Crippen LogP contribution in [0.15, 0.2) is 23.1 Å². The van der Waals surface area contributed by atoms with Crippen LogP contribution in [0.1, 0.15) is 24.0 Å². The summed E-state index contributed by atoms with van der Waals surface area (Å²) < 4.78 is 37.6. The second-order valence-electron chi connectivity index (χ2n) is 5.47. The number of nitrogens with zero attached hydrogens (tertiary/aromatic N) is 1. The van der Waals surface area contributed by atoms with E-state index in [1.165, 1.54) is 4.31 Å². The van der Waals surface area contributed by atoms with Crippen molar-refractivity contribution in [3.8, 4) is 0 Å². The summed E-state index contributed by atoms with van der Waals surface area (Å²) in [6, 6.07) is 5.26. The van der Waals surface area contributed by atoms with Crippen LogP contribution in [0.5, 0.6) is 0 Å². The van der Waals surface area contributed by atoms with Gasteiger partial charge in [-0.2, -0.15) is 4.31 Å². The van der Waals surface area contributed by atoms with Crippen LogP contribution in [0.3, 0.4) is 0 Å². The second kappa shape index (κ2) is 6.04. The highest BCUT2D eigenvalue weighted by Crippen LogP contribution is 2.30. The molecule has 1 heterocycles. The lowest BCUT2D eigenvalue weighted by atomic mass is 10.1. The molecule has 1 aliphatic rings. The molecular weight excluding hydrogens is 290 g/mol. The first kappa shape index (κ1) is 16.4. The van der Waals surface area contributed by atoms with Gasteiger partial charge < -0.3 is 9.47 Å². The van der Waals surface area contributed by atoms with Crippen LogP contribution in [-0.4, -0.2) is 45.8 Å². The Morgan fingerprint density at radius 3 is 2.10 bits per heavy atom. The number of ether oxygens (including phenoxy) is 2. The molecule has 0 radical (unpaired) electrons. The maximum atomic E-state index is 12.7. The molecule has 2 rings (SSSR count). The van der Waals surface area contributed by atoms with Crippen LogP contribution in [-0.2, 0) is 19.5 Å². The van der Waals surface area contributed by atoms with Crippen molar-refractivity contribution >= 4 is 10.0 Å². The van der Waals surface area contributed by atoms with E-state index < -0.39 is 15.8 Å². The predicted molar refractivity (Wildman–Crippen MR) is 80.7 cm³/mol. The van der Waals surface area contributed by atoms with E-state index in [1.807, 2.05) is 19.9 Å². The smallest absolute Gasteiger partial charge is 0.243 e. The van der Waals surface area contributed by atoms with Crippen LogP contribution in [0.2, 0.25) is 0 Å². The fourth-order valence-corrected chi connectivity index (χ4v) is 4.11. The molecule has 1 aromatic rings. The molecule has 0 saturated carbocycles. The summed E-state index contributed by atoms with van der Waals surface area (Å²) in [4.78, 5) is 0.355. The zero-order chi connectivity index (χ0) is 15.7. The molecule has 1 aromatic carbocycles. The molecule has 0 spiro atoms. The number of sulfonamides is 1. The number of aryl methyl sites for hydroxylation is 2. The van der Waals surface area contributed by atoms with Gasteiger partial charge in [0.1, 0.15) is 0 Å². The lowest BCUT2D eigenvalue weighted by molar-refractivity contribution is -0.224. The number of piperidine rings is 1. The van der Waals surface area contributed by atoms with E-state index in [9.17, 15) is 8.42 Å². The third-order valence-corrected chi connectivity index (χ3v) is 6.24.